The second kappa shape index (κ2) is 9.86. The Kier molecular flexibility index (Phi) is 6.95. The van der Waals surface area contributed by atoms with Crippen molar-refractivity contribution in [2.45, 2.75) is 40.0 Å². The Bertz CT molecular complexity index is 1110. The van der Waals surface area contributed by atoms with E-state index in [1.54, 1.807) is 0 Å². The van der Waals surface area contributed by atoms with Gasteiger partial charge in [-0.25, -0.2) is 4.98 Å². The van der Waals surface area contributed by atoms with E-state index in [2.05, 4.69) is 114 Å². The molecule has 0 bridgehead atoms. The third-order valence-corrected chi connectivity index (χ3v) is 6.67. The van der Waals surface area contributed by atoms with Crippen LogP contribution in [0.4, 0.5) is 17.5 Å². The Balaban J connectivity index is 1.60. The minimum Gasteiger partial charge on any atom is -0.352 e. The molecule has 0 N–H and O–H groups in total. The fourth-order valence-electron chi connectivity index (χ4n) is 4.20. The van der Waals surface area contributed by atoms with Crippen LogP contribution in [-0.4, -0.2) is 29.6 Å². The molecule has 0 aliphatic carbocycles. The Morgan fingerprint density at radius 2 is 1.84 bits per heavy atom. The summed E-state index contributed by atoms with van der Waals surface area (Å²) < 4.78 is 1.13. The first-order valence-corrected chi connectivity index (χ1v) is 12.2. The molecule has 0 unspecified atom stereocenters. The highest BCUT2D eigenvalue weighted by atomic mass is 79.9. The van der Waals surface area contributed by atoms with Crippen molar-refractivity contribution in [2.24, 2.45) is 0 Å². The van der Waals surface area contributed by atoms with Crippen molar-refractivity contribution in [3.8, 4) is 0 Å². The SMILES string of the molecule is CCN(c1ccc(C(C)C)c(Br)c1)c1nc(C)cc(N2CC=C(c3ccccc3)CC2)n1. The topological polar surface area (TPSA) is 32.3 Å². The van der Waals surface area contributed by atoms with E-state index in [0.717, 1.165) is 53.7 Å². The van der Waals surface area contributed by atoms with Gasteiger partial charge in [0.15, 0.2) is 0 Å². The van der Waals surface area contributed by atoms with E-state index in [0.29, 0.717) is 5.92 Å². The molecular weight excluding hydrogens is 460 g/mol. The zero-order valence-electron chi connectivity index (χ0n) is 19.3. The predicted molar refractivity (Wildman–Crippen MR) is 139 cm³/mol. The molecule has 0 radical (unpaired) electrons. The highest BCUT2D eigenvalue weighted by molar-refractivity contribution is 9.10. The third kappa shape index (κ3) is 4.88. The van der Waals surface area contributed by atoms with Crippen LogP contribution in [0.15, 0.2) is 65.1 Å². The first kappa shape index (κ1) is 22.5. The summed E-state index contributed by atoms with van der Waals surface area (Å²) in [4.78, 5) is 14.3. The number of hydrogen-bond donors (Lipinski definition) is 0. The zero-order valence-corrected chi connectivity index (χ0v) is 20.9. The van der Waals surface area contributed by atoms with E-state index < -0.39 is 0 Å². The molecule has 0 atom stereocenters. The standard InChI is InChI=1S/C27H31BrN4/c1-5-32(23-11-12-24(19(2)3)25(28)18-23)27-29-20(4)17-26(30-27)31-15-13-22(14-16-31)21-9-7-6-8-10-21/h6-13,17-19H,5,14-16H2,1-4H3. The summed E-state index contributed by atoms with van der Waals surface area (Å²) in [6.07, 6.45) is 3.35. The van der Waals surface area contributed by atoms with E-state index in [9.17, 15) is 0 Å². The first-order valence-electron chi connectivity index (χ1n) is 11.4. The molecule has 2 heterocycles. The van der Waals surface area contributed by atoms with E-state index in [1.165, 1.54) is 16.7 Å². The maximum absolute atomic E-state index is 4.99. The Morgan fingerprint density at radius 3 is 2.47 bits per heavy atom. The van der Waals surface area contributed by atoms with Crippen molar-refractivity contribution in [1.29, 1.82) is 0 Å². The van der Waals surface area contributed by atoms with E-state index >= 15 is 0 Å². The Labute approximate surface area is 200 Å². The van der Waals surface area contributed by atoms with Crippen LogP contribution in [-0.2, 0) is 0 Å². The Morgan fingerprint density at radius 1 is 1.06 bits per heavy atom. The van der Waals surface area contributed by atoms with Crippen LogP contribution < -0.4 is 9.80 Å². The molecule has 166 valence electrons. The number of halogens is 1. The molecule has 4 nitrogen and oxygen atoms in total. The van der Waals surface area contributed by atoms with Crippen molar-refractivity contribution < 1.29 is 0 Å². The molecule has 0 spiro atoms. The van der Waals surface area contributed by atoms with Gasteiger partial charge in [-0.1, -0.05) is 72.3 Å². The van der Waals surface area contributed by atoms with E-state index in [1.807, 2.05) is 0 Å². The lowest BCUT2D eigenvalue weighted by molar-refractivity contribution is 0.805. The molecule has 4 rings (SSSR count). The average Bonchev–Trinajstić information content (AvgIpc) is 2.80. The maximum atomic E-state index is 4.99. The van der Waals surface area contributed by atoms with Gasteiger partial charge in [-0.3, -0.25) is 0 Å². The first-order chi connectivity index (χ1) is 15.5. The van der Waals surface area contributed by atoms with Crippen LogP contribution in [0.5, 0.6) is 0 Å². The summed E-state index contributed by atoms with van der Waals surface area (Å²) in [7, 11) is 0. The number of benzene rings is 2. The van der Waals surface area contributed by atoms with Crippen LogP contribution >= 0.6 is 15.9 Å². The van der Waals surface area contributed by atoms with Gasteiger partial charge in [0.2, 0.25) is 5.95 Å². The quantitative estimate of drug-likeness (QED) is 0.368. The third-order valence-electron chi connectivity index (χ3n) is 5.98. The zero-order chi connectivity index (χ0) is 22.7. The van der Waals surface area contributed by atoms with Crippen LogP contribution in [0, 0.1) is 6.92 Å². The lowest BCUT2D eigenvalue weighted by Crippen LogP contribution is -2.30. The molecule has 1 aromatic heterocycles. The lowest BCUT2D eigenvalue weighted by Gasteiger charge is -2.29. The minimum absolute atomic E-state index is 0.475. The van der Waals surface area contributed by atoms with Crippen molar-refractivity contribution in [3.05, 3.63) is 82.0 Å². The second-order valence-electron chi connectivity index (χ2n) is 8.56. The van der Waals surface area contributed by atoms with E-state index in [4.69, 9.17) is 9.97 Å². The molecule has 0 saturated carbocycles. The highest BCUT2D eigenvalue weighted by Gasteiger charge is 2.19. The summed E-state index contributed by atoms with van der Waals surface area (Å²) in [5, 5.41) is 0. The van der Waals surface area contributed by atoms with Gasteiger partial charge < -0.3 is 9.80 Å². The summed E-state index contributed by atoms with van der Waals surface area (Å²) in [5.74, 6) is 2.22. The van der Waals surface area contributed by atoms with Crippen LogP contribution in [0.25, 0.3) is 5.57 Å². The second-order valence-corrected chi connectivity index (χ2v) is 9.42. The molecule has 0 saturated heterocycles. The molecule has 0 fully saturated rings. The summed E-state index contributed by atoms with van der Waals surface area (Å²) in [6.45, 7) is 11.2. The number of hydrogen-bond acceptors (Lipinski definition) is 4. The van der Waals surface area contributed by atoms with Crippen molar-refractivity contribution >= 4 is 39.0 Å². The van der Waals surface area contributed by atoms with Gasteiger partial charge in [-0.2, -0.15) is 4.98 Å². The van der Waals surface area contributed by atoms with Crippen molar-refractivity contribution in [3.63, 3.8) is 0 Å². The maximum Gasteiger partial charge on any atom is 0.232 e. The van der Waals surface area contributed by atoms with Gasteiger partial charge >= 0.3 is 0 Å². The van der Waals surface area contributed by atoms with Gasteiger partial charge in [-0.05, 0) is 55.0 Å². The average molecular weight is 491 g/mol. The number of nitrogens with zero attached hydrogens (tertiary/aromatic N) is 4. The van der Waals surface area contributed by atoms with Crippen LogP contribution in [0.1, 0.15) is 49.9 Å². The molecule has 0 amide bonds. The normalized spacial score (nSPS) is 13.9. The number of rotatable bonds is 6. The number of aryl methyl sites for hydroxylation is 1. The van der Waals surface area contributed by atoms with Crippen LogP contribution in [0.3, 0.4) is 0 Å². The molecular formula is C27H31BrN4. The Hall–Kier alpha value is -2.66. The van der Waals surface area contributed by atoms with Gasteiger partial charge in [-0.15, -0.1) is 0 Å². The molecule has 3 aromatic rings. The number of aromatic nitrogens is 2. The van der Waals surface area contributed by atoms with Crippen LogP contribution in [0.2, 0.25) is 0 Å². The van der Waals surface area contributed by atoms with Crippen molar-refractivity contribution in [2.75, 3.05) is 29.4 Å². The summed E-state index contributed by atoms with van der Waals surface area (Å²) >= 11 is 3.75. The minimum atomic E-state index is 0.475. The van der Waals surface area contributed by atoms with E-state index in [-0.39, 0.29) is 0 Å². The lowest BCUT2D eigenvalue weighted by atomic mass is 9.99. The molecule has 2 aromatic carbocycles. The number of anilines is 3. The fourth-order valence-corrected chi connectivity index (χ4v) is 5.03. The predicted octanol–water partition coefficient (Wildman–Crippen LogP) is 7.12. The fraction of sp³-hybridized carbons (Fsp3) is 0.333. The summed E-state index contributed by atoms with van der Waals surface area (Å²) in [6, 6.07) is 19.3. The largest absolute Gasteiger partial charge is 0.352 e. The molecule has 1 aliphatic heterocycles. The van der Waals surface area contributed by atoms with Gasteiger partial charge in [0.05, 0.1) is 0 Å². The molecule has 1 aliphatic rings. The van der Waals surface area contributed by atoms with Gasteiger partial charge in [0.1, 0.15) is 5.82 Å². The smallest absolute Gasteiger partial charge is 0.232 e. The van der Waals surface area contributed by atoms with Crippen molar-refractivity contribution in [1.82, 2.24) is 9.97 Å². The summed E-state index contributed by atoms with van der Waals surface area (Å²) in [5.41, 5.74) is 6.13. The monoisotopic (exact) mass is 490 g/mol. The molecule has 5 heteroatoms. The highest BCUT2D eigenvalue weighted by Crippen LogP contribution is 2.32. The molecule has 32 heavy (non-hydrogen) atoms. The van der Waals surface area contributed by atoms with Gasteiger partial charge in [0, 0.05) is 41.6 Å². The van der Waals surface area contributed by atoms with Gasteiger partial charge in [0.25, 0.3) is 0 Å².